The molecule has 2 N–H and O–H groups in total. The highest BCUT2D eigenvalue weighted by atomic mass is 32.1. The number of rotatable bonds is 6. The van der Waals surface area contributed by atoms with Gasteiger partial charge in [0.15, 0.2) is 0 Å². The molecular weight excluding hydrogens is 250 g/mol. The lowest BCUT2D eigenvalue weighted by Gasteiger charge is -2.22. The van der Waals surface area contributed by atoms with Crippen molar-refractivity contribution in [3.05, 3.63) is 24.0 Å². The monoisotopic (exact) mass is 267 g/mol. The zero-order chi connectivity index (χ0) is 13.5. The van der Waals surface area contributed by atoms with Crippen LogP contribution in [0.3, 0.4) is 0 Å². The molecule has 5 nitrogen and oxygen atoms in total. The Labute approximate surface area is 112 Å². The number of nitrogens with two attached hydrogens (primary N) is 1. The number of anilines is 1. The first-order valence-corrected chi connectivity index (χ1v) is 6.15. The van der Waals surface area contributed by atoms with Gasteiger partial charge in [-0.1, -0.05) is 12.2 Å². The maximum Gasteiger partial charge on any atom is 0.325 e. The van der Waals surface area contributed by atoms with Crippen LogP contribution in [0, 0.1) is 0 Å². The number of hydrogen-bond acceptors (Lipinski definition) is 5. The Morgan fingerprint density at radius 3 is 2.83 bits per heavy atom. The summed E-state index contributed by atoms with van der Waals surface area (Å²) in [6, 6.07) is 3.58. The van der Waals surface area contributed by atoms with Gasteiger partial charge in [-0.05, 0) is 26.0 Å². The van der Waals surface area contributed by atoms with Crippen LogP contribution >= 0.6 is 12.2 Å². The quantitative estimate of drug-likeness (QED) is 0.615. The smallest absolute Gasteiger partial charge is 0.325 e. The number of likely N-dealkylation sites (N-methyl/N-ethyl adjacent to an activating group) is 1. The highest BCUT2D eigenvalue weighted by Crippen LogP contribution is 2.14. The molecular formula is C12H17N3O2S. The molecule has 98 valence electrons. The second-order valence-electron chi connectivity index (χ2n) is 3.58. The fourth-order valence-corrected chi connectivity index (χ4v) is 1.61. The summed E-state index contributed by atoms with van der Waals surface area (Å²) in [4.78, 5) is 17.7. The molecule has 1 heterocycles. The van der Waals surface area contributed by atoms with Crippen LogP contribution in [-0.2, 0) is 9.53 Å². The van der Waals surface area contributed by atoms with Crippen molar-refractivity contribution < 1.29 is 9.53 Å². The summed E-state index contributed by atoms with van der Waals surface area (Å²) in [6.45, 7) is 5.00. The first-order valence-electron chi connectivity index (χ1n) is 5.74. The summed E-state index contributed by atoms with van der Waals surface area (Å²) in [5, 5.41) is 0. The summed E-state index contributed by atoms with van der Waals surface area (Å²) < 4.78 is 4.93. The topological polar surface area (TPSA) is 68.5 Å². The minimum absolute atomic E-state index is 0.200. The van der Waals surface area contributed by atoms with E-state index in [1.54, 1.807) is 19.2 Å². The molecule has 0 bridgehead atoms. The fourth-order valence-electron chi connectivity index (χ4n) is 1.50. The molecule has 18 heavy (non-hydrogen) atoms. The Morgan fingerprint density at radius 2 is 2.28 bits per heavy atom. The first kappa shape index (κ1) is 14.4. The number of nitrogens with zero attached hydrogens (tertiary/aromatic N) is 2. The third-order valence-corrected chi connectivity index (χ3v) is 2.58. The van der Waals surface area contributed by atoms with Gasteiger partial charge >= 0.3 is 5.97 Å². The van der Waals surface area contributed by atoms with Crippen molar-refractivity contribution in [3.63, 3.8) is 0 Å². The van der Waals surface area contributed by atoms with Gasteiger partial charge in [-0.3, -0.25) is 9.78 Å². The predicted octanol–water partition coefficient (Wildman–Crippen LogP) is 1.11. The third-order valence-electron chi connectivity index (χ3n) is 2.37. The normalized spacial score (nSPS) is 9.89. The molecule has 0 amide bonds. The molecule has 0 spiro atoms. The largest absolute Gasteiger partial charge is 0.465 e. The van der Waals surface area contributed by atoms with Crippen LogP contribution in [0.25, 0.3) is 0 Å². The number of esters is 1. The minimum atomic E-state index is -0.256. The van der Waals surface area contributed by atoms with E-state index < -0.39 is 0 Å². The minimum Gasteiger partial charge on any atom is -0.465 e. The van der Waals surface area contributed by atoms with Gasteiger partial charge < -0.3 is 15.4 Å². The van der Waals surface area contributed by atoms with Crippen molar-refractivity contribution in [1.82, 2.24) is 4.98 Å². The number of ether oxygens (including phenoxy) is 1. The van der Waals surface area contributed by atoms with E-state index in [0.717, 1.165) is 5.69 Å². The SMILES string of the molecule is CCOC(=O)CN(CC)c1ccnc(C(N)=S)c1. The van der Waals surface area contributed by atoms with Crippen LogP contribution in [0.2, 0.25) is 0 Å². The van der Waals surface area contributed by atoms with Gasteiger partial charge in [0.1, 0.15) is 11.5 Å². The van der Waals surface area contributed by atoms with Gasteiger partial charge in [0, 0.05) is 18.4 Å². The first-order chi connectivity index (χ1) is 8.58. The Hall–Kier alpha value is -1.69. The average Bonchev–Trinajstić information content (AvgIpc) is 2.36. The Balaban J connectivity index is 2.84. The van der Waals surface area contributed by atoms with Gasteiger partial charge in [0.2, 0.25) is 0 Å². The van der Waals surface area contributed by atoms with Crippen molar-refractivity contribution in [2.45, 2.75) is 13.8 Å². The maximum absolute atomic E-state index is 11.5. The highest BCUT2D eigenvalue weighted by molar-refractivity contribution is 7.80. The summed E-state index contributed by atoms with van der Waals surface area (Å²) in [5.74, 6) is -0.256. The van der Waals surface area contributed by atoms with Gasteiger partial charge in [-0.2, -0.15) is 0 Å². The molecule has 1 rings (SSSR count). The second-order valence-corrected chi connectivity index (χ2v) is 4.02. The Bertz CT molecular complexity index is 437. The van der Waals surface area contributed by atoms with Gasteiger partial charge in [0.25, 0.3) is 0 Å². The number of carbonyl (C=O) groups excluding carboxylic acids is 1. The number of pyridine rings is 1. The lowest BCUT2D eigenvalue weighted by atomic mass is 10.3. The Kier molecular flexibility index (Phi) is 5.51. The van der Waals surface area contributed by atoms with Crippen molar-refractivity contribution >= 4 is 28.9 Å². The van der Waals surface area contributed by atoms with E-state index in [4.69, 9.17) is 22.7 Å². The molecule has 0 atom stereocenters. The summed E-state index contributed by atoms with van der Waals surface area (Å²) in [5.41, 5.74) is 6.93. The highest BCUT2D eigenvalue weighted by Gasteiger charge is 2.11. The van der Waals surface area contributed by atoms with Crippen molar-refractivity contribution in [2.24, 2.45) is 5.73 Å². The molecule has 0 aliphatic rings. The van der Waals surface area contributed by atoms with E-state index >= 15 is 0 Å². The summed E-state index contributed by atoms with van der Waals surface area (Å²) in [7, 11) is 0. The molecule has 1 aromatic heterocycles. The second kappa shape index (κ2) is 6.90. The summed E-state index contributed by atoms with van der Waals surface area (Å²) in [6.07, 6.45) is 1.62. The number of carbonyl (C=O) groups is 1. The molecule has 0 aliphatic carbocycles. The van der Waals surface area contributed by atoms with Crippen LogP contribution in [0.1, 0.15) is 19.5 Å². The van der Waals surface area contributed by atoms with Gasteiger partial charge in [-0.25, -0.2) is 0 Å². The number of aromatic nitrogens is 1. The number of thiocarbonyl (C=S) groups is 1. The molecule has 0 radical (unpaired) electrons. The third kappa shape index (κ3) is 3.96. The molecule has 6 heteroatoms. The fraction of sp³-hybridized carbons (Fsp3) is 0.417. The van der Waals surface area contributed by atoms with E-state index in [-0.39, 0.29) is 17.5 Å². The van der Waals surface area contributed by atoms with Crippen LogP contribution < -0.4 is 10.6 Å². The molecule has 0 saturated heterocycles. The van der Waals surface area contributed by atoms with E-state index in [2.05, 4.69) is 4.98 Å². The van der Waals surface area contributed by atoms with Crippen LogP contribution in [0.4, 0.5) is 5.69 Å². The molecule has 1 aromatic rings. The standard InChI is InChI=1S/C12H17N3O2S/c1-3-15(8-11(16)17-4-2)9-5-6-14-10(7-9)12(13)18/h5-7H,3-4,8H2,1-2H3,(H2,13,18). The lowest BCUT2D eigenvalue weighted by molar-refractivity contribution is -0.141. The zero-order valence-electron chi connectivity index (χ0n) is 10.5. The van der Waals surface area contributed by atoms with E-state index in [9.17, 15) is 4.79 Å². The number of hydrogen-bond donors (Lipinski definition) is 1. The van der Waals surface area contributed by atoms with Crippen LogP contribution in [-0.4, -0.2) is 35.6 Å². The molecule has 0 saturated carbocycles. The molecule has 0 fully saturated rings. The van der Waals surface area contributed by atoms with Gasteiger partial charge in [-0.15, -0.1) is 0 Å². The van der Waals surface area contributed by atoms with E-state index in [1.165, 1.54) is 0 Å². The van der Waals surface area contributed by atoms with Crippen molar-refractivity contribution in [2.75, 3.05) is 24.6 Å². The molecule has 0 aliphatic heterocycles. The lowest BCUT2D eigenvalue weighted by Crippen LogP contribution is -2.31. The van der Waals surface area contributed by atoms with Crippen molar-refractivity contribution in [3.8, 4) is 0 Å². The Morgan fingerprint density at radius 1 is 1.56 bits per heavy atom. The maximum atomic E-state index is 11.5. The average molecular weight is 267 g/mol. The van der Waals surface area contributed by atoms with Crippen LogP contribution in [0.5, 0.6) is 0 Å². The van der Waals surface area contributed by atoms with E-state index in [0.29, 0.717) is 18.8 Å². The molecule has 0 aromatic carbocycles. The van der Waals surface area contributed by atoms with Crippen molar-refractivity contribution in [1.29, 1.82) is 0 Å². The predicted molar refractivity (Wildman–Crippen MR) is 74.6 cm³/mol. The zero-order valence-corrected chi connectivity index (χ0v) is 11.4. The van der Waals surface area contributed by atoms with Crippen LogP contribution in [0.15, 0.2) is 18.3 Å². The van der Waals surface area contributed by atoms with E-state index in [1.807, 2.05) is 17.9 Å². The van der Waals surface area contributed by atoms with Gasteiger partial charge in [0.05, 0.1) is 12.3 Å². The molecule has 0 unspecified atom stereocenters. The summed E-state index contributed by atoms with van der Waals surface area (Å²) >= 11 is 4.88.